The van der Waals surface area contributed by atoms with E-state index in [1.54, 1.807) is 7.11 Å². The topological polar surface area (TPSA) is 52.9 Å². The minimum absolute atomic E-state index is 0.338. The van der Waals surface area contributed by atoms with E-state index in [0.29, 0.717) is 19.6 Å². The summed E-state index contributed by atoms with van der Waals surface area (Å²) < 4.78 is 4.89. The standard InChI is InChI=1S/C15H25NO3/c1-12-6-4-5-7-14(12)15(18)8-9-16(2)10-13(17)11-19-3/h4-7,13,15,17-18H,8-11H2,1-3H3. The summed E-state index contributed by atoms with van der Waals surface area (Å²) in [5.41, 5.74) is 2.09. The lowest BCUT2D eigenvalue weighted by Crippen LogP contribution is -2.33. The van der Waals surface area contributed by atoms with Gasteiger partial charge < -0.3 is 19.8 Å². The Morgan fingerprint density at radius 2 is 1.95 bits per heavy atom. The number of ether oxygens (including phenoxy) is 1. The van der Waals surface area contributed by atoms with Crippen molar-refractivity contribution in [2.45, 2.75) is 25.6 Å². The fraction of sp³-hybridized carbons (Fsp3) is 0.600. The molecule has 2 unspecified atom stereocenters. The van der Waals surface area contributed by atoms with Crippen LogP contribution in [0.15, 0.2) is 24.3 Å². The minimum Gasteiger partial charge on any atom is -0.389 e. The van der Waals surface area contributed by atoms with Crippen molar-refractivity contribution in [3.63, 3.8) is 0 Å². The molecule has 0 aromatic heterocycles. The maximum absolute atomic E-state index is 10.2. The molecule has 4 heteroatoms. The monoisotopic (exact) mass is 267 g/mol. The third-order valence-corrected chi connectivity index (χ3v) is 3.21. The van der Waals surface area contributed by atoms with Crippen molar-refractivity contribution in [3.8, 4) is 0 Å². The van der Waals surface area contributed by atoms with Gasteiger partial charge in [0.15, 0.2) is 0 Å². The summed E-state index contributed by atoms with van der Waals surface area (Å²) in [7, 11) is 3.51. The van der Waals surface area contributed by atoms with Crippen LogP contribution in [0.3, 0.4) is 0 Å². The van der Waals surface area contributed by atoms with E-state index in [0.717, 1.165) is 17.7 Å². The largest absolute Gasteiger partial charge is 0.389 e. The highest BCUT2D eigenvalue weighted by atomic mass is 16.5. The summed E-state index contributed by atoms with van der Waals surface area (Å²) >= 11 is 0. The highest BCUT2D eigenvalue weighted by Gasteiger charge is 2.12. The number of benzene rings is 1. The molecule has 0 spiro atoms. The third kappa shape index (κ3) is 5.70. The van der Waals surface area contributed by atoms with Crippen LogP contribution in [0.1, 0.15) is 23.7 Å². The van der Waals surface area contributed by atoms with Crippen LogP contribution in [-0.2, 0) is 4.74 Å². The Kier molecular flexibility index (Phi) is 7.02. The van der Waals surface area contributed by atoms with Gasteiger partial charge in [-0.1, -0.05) is 24.3 Å². The molecule has 19 heavy (non-hydrogen) atoms. The summed E-state index contributed by atoms with van der Waals surface area (Å²) in [4.78, 5) is 2.01. The van der Waals surface area contributed by atoms with Crippen molar-refractivity contribution in [2.75, 3.05) is 33.9 Å². The fourth-order valence-electron chi connectivity index (χ4n) is 2.15. The van der Waals surface area contributed by atoms with Crippen LogP contribution in [0, 0.1) is 6.92 Å². The van der Waals surface area contributed by atoms with E-state index in [1.165, 1.54) is 0 Å². The molecule has 1 aromatic rings. The molecule has 0 aliphatic rings. The second kappa shape index (κ2) is 8.27. The van der Waals surface area contributed by atoms with Gasteiger partial charge in [0.25, 0.3) is 0 Å². The van der Waals surface area contributed by atoms with Gasteiger partial charge in [-0.2, -0.15) is 0 Å². The van der Waals surface area contributed by atoms with E-state index < -0.39 is 12.2 Å². The molecule has 1 rings (SSSR count). The first-order valence-corrected chi connectivity index (χ1v) is 6.63. The summed E-state index contributed by atoms with van der Waals surface area (Å²) in [5.74, 6) is 0. The number of hydrogen-bond donors (Lipinski definition) is 2. The van der Waals surface area contributed by atoms with Crippen LogP contribution in [0.5, 0.6) is 0 Å². The van der Waals surface area contributed by atoms with E-state index >= 15 is 0 Å². The first-order valence-electron chi connectivity index (χ1n) is 6.63. The van der Waals surface area contributed by atoms with Crippen molar-refractivity contribution in [1.82, 2.24) is 4.90 Å². The minimum atomic E-state index is -0.481. The SMILES string of the molecule is COCC(O)CN(C)CCC(O)c1ccccc1C. The Bertz CT molecular complexity index is 370. The number of aryl methyl sites for hydroxylation is 1. The molecule has 0 aliphatic carbocycles. The fourth-order valence-corrected chi connectivity index (χ4v) is 2.15. The third-order valence-electron chi connectivity index (χ3n) is 3.21. The van der Waals surface area contributed by atoms with Gasteiger partial charge in [0.1, 0.15) is 0 Å². The molecule has 1 aromatic carbocycles. The highest BCUT2D eigenvalue weighted by Crippen LogP contribution is 2.20. The zero-order valence-corrected chi connectivity index (χ0v) is 12.0. The lowest BCUT2D eigenvalue weighted by atomic mass is 10.0. The van der Waals surface area contributed by atoms with Crippen molar-refractivity contribution < 1.29 is 14.9 Å². The lowest BCUT2D eigenvalue weighted by Gasteiger charge is -2.22. The number of likely N-dealkylation sites (N-methyl/N-ethyl adjacent to an activating group) is 1. The van der Waals surface area contributed by atoms with Gasteiger partial charge in [0.05, 0.1) is 18.8 Å². The summed E-state index contributed by atoms with van der Waals surface area (Å²) in [5, 5.41) is 19.8. The molecule has 2 atom stereocenters. The second-order valence-corrected chi connectivity index (χ2v) is 5.03. The van der Waals surface area contributed by atoms with Crippen LogP contribution >= 0.6 is 0 Å². The second-order valence-electron chi connectivity index (χ2n) is 5.03. The van der Waals surface area contributed by atoms with Crippen molar-refractivity contribution in [1.29, 1.82) is 0 Å². The molecular weight excluding hydrogens is 242 g/mol. The van der Waals surface area contributed by atoms with Gasteiger partial charge in [-0.25, -0.2) is 0 Å². The van der Waals surface area contributed by atoms with Crippen LogP contribution in [0.4, 0.5) is 0 Å². The first kappa shape index (κ1) is 16.1. The molecule has 0 aliphatic heterocycles. The average Bonchev–Trinajstić information content (AvgIpc) is 2.36. The smallest absolute Gasteiger partial charge is 0.0899 e. The Morgan fingerprint density at radius 1 is 1.26 bits per heavy atom. The van der Waals surface area contributed by atoms with Gasteiger partial charge in [-0.15, -0.1) is 0 Å². The number of rotatable bonds is 8. The van der Waals surface area contributed by atoms with E-state index in [-0.39, 0.29) is 0 Å². The number of aliphatic hydroxyl groups excluding tert-OH is 2. The van der Waals surface area contributed by atoms with Crippen LogP contribution in [-0.4, -0.2) is 55.1 Å². The van der Waals surface area contributed by atoms with E-state index in [4.69, 9.17) is 4.74 Å². The number of hydrogen-bond acceptors (Lipinski definition) is 4. The molecule has 0 fully saturated rings. The normalized spacial score (nSPS) is 14.6. The van der Waals surface area contributed by atoms with Crippen molar-refractivity contribution in [2.24, 2.45) is 0 Å². The van der Waals surface area contributed by atoms with E-state index in [1.807, 2.05) is 43.1 Å². The van der Waals surface area contributed by atoms with Gasteiger partial charge in [0.2, 0.25) is 0 Å². The molecule has 0 saturated heterocycles. The highest BCUT2D eigenvalue weighted by molar-refractivity contribution is 5.27. The number of nitrogens with zero attached hydrogens (tertiary/aromatic N) is 1. The molecular formula is C15H25NO3. The number of methoxy groups -OCH3 is 1. The van der Waals surface area contributed by atoms with Gasteiger partial charge in [-0.05, 0) is 31.5 Å². The van der Waals surface area contributed by atoms with Crippen LogP contribution < -0.4 is 0 Å². The van der Waals surface area contributed by atoms with Gasteiger partial charge >= 0.3 is 0 Å². The molecule has 2 N–H and O–H groups in total. The Balaban J connectivity index is 2.38. The predicted octanol–water partition coefficient (Wildman–Crippen LogP) is 1.36. The maximum Gasteiger partial charge on any atom is 0.0899 e. The zero-order valence-electron chi connectivity index (χ0n) is 12.0. The van der Waals surface area contributed by atoms with Crippen LogP contribution in [0.25, 0.3) is 0 Å². The Labute approximate surface area is 115 Å². The molecule has 0 amide bonds. The molecule has 0 saturated carbocycles. The molecule has 108 valence electrons. The molecule has 4 nitrogen and oxygen atoms in total. The van der Waals surface area contributed by atoms with Crippen LogP contribution in [0.2, 0.25) is 0 Å². The molecule has 0 heterocycles. The quantitative estimate of drug-likeness (QED) is 0.747. The van der Waals surface area contributed by atoms with E-state index in [2.05, 4.69) is 0 Å². The zero-order chi connectivity index (χ0) is 14.3. The average molecular weight is 267 g/mol. The molecule has 0 bridgehead atoms. The van der Waals surface area contributed by atoms with Crippen molar-refractivity contribution in [3.05, 3.63) is 35.4 Å². The van der Waals surface area contributed by atoms with Gasteiger partial charge in [-0.3, -0.25) is 0 Å². The van der Waals surface area contributed by atoms with Gasteiger partial charge in [0, 0.05) is 20.2 Å². The lowest BCUT2D eigenvalue weighted by molar-refractivity contribution is 0.0398. The summed E-state index contributed by atoms with van der Waals surface area (Å²) in [6.45, 7) is 3.62. The molecule has 0 radical (unpaired) electrons. The number of aliphatic hydroxyl groups is 2. The maximum atomic E-state index is 10.2. The van der Waals surface area contributed by atoms with Crippen molar-refractivity contribution >= 4 is 0 Å². The Morgan fingerprint density at radius 3 is 2.58 bits per heavy atom. The first-order chi connectivity index (χ1) is 9.04. The summed E-state index contributed by atoms with van der Waals surface area (Å²) in [6, 6.07) is 7.88. The summed E-state index contributed by atoms with van der Waals surface area (Å²) in [6.07, 6.45) is -0.282. The predicted molar refractivity (Wildman–Crippen MR) is 76.1 cm³/mol. The van der Waals surface area contributed by atoms with E-state index in [9.17, 15) is 10.2 Å². The Hall–Kier alpha value is -0.940.